The van der Waals surface area contributed by atoms with Gasteiger partial charge in [-0.05, 0) is 12.8 Å². The lowest BCUT2D eigenvalue weighted by molar-refractivity contribution is -0.327. The minimum absolute atomic E-state index is 0.159. The fourth-order valence-electron chi connectivity index (χ4n) is 2.54. The summed E-state index contributed by atoms with van der Waals surface area (Å²) in [4.78, 5) is 45.1. The van der Waals surface area contributed by atoms with Gasteiger partial charge in [0, 0.05) is 12.8 Å². The predicted octanol–water partition coefficient (Wildman–Crippen LogP) is -2.82. The van der Waals surface area contributed by atoms with Crippen molar-refractivity contribution in [2.24, 2.45) is 10.8 Å². The molecule has 0 unspecified atom stereocenters. The number of carboxylic acids is 2. The largest absolute Gasteiger partial charge is 0.549 e. The SMILES string of the molecule is O=C([O-])[C@@]12CC[C@@](C(=O)[O-])(CC1=O)C(=O)C2. The predicted molar refractivity (Wildman–Crippen MR) is 43.4 cm³/mol. The van der Waals surface area contributed by atoms with Crippen LogP contribution in [-0.4, -0.2) is 23.5 Å². The van der Waals surface area contributed by atoms with E-state index in [0.29, 0.717) is 0 Å². The highest BCUT2D eigenvalue weighted by Gasteiger charge is 2.60. The summed E-state index contributed by atoms with van der Waals surface area (Å²) in [6, 6.07) is 0. The maximum absolute atomic E-state index is 11.6. The highest BCUT2D eigenvalue weighted by molar-refractivity contribution is 6.18. The molecule has 6 nitrogen and oxygen atoms in total. The molecular formula is C10H8O6-2. The van der Waals surface area contributed by atoms with E-state index in [9.17, 15) is 29.4 Å². The summed E-state index contributed by atoms with van der Waals surface area (Å²) in [5.41, 5.74) is -3.59. The molecule has 3 fully saturated rings. The average Bonchev–Trinajstić information content (AvgIpc) is 2.19. The van der Waals surface area contributed by atoms with Gasteiger partial charge in [-0.1, -0.05) is 0 Å². The summed E-state index contributed by atoms with van der Waals surface area (Å²) in [6.45, 7) is 0. The van der Waals surface area contributed by atoms with Crippen LogP contribution in [0.15, 0.2) is 0 Å². The summed E-state index contributed by atoms with van der Waals surface area (Å²) in [5.74, 6) is -4.64. The first-order valence-corrected chi connectivity index (χ1v) is 4.85. The molecule has 0 aromatic heterocycles. The quantitative estimate of drug-likeness (QED) is 0.467. The van der Waals surface area contributed by atoms with Gasteiger partial charge in [0.05, 0.1) is 22.8 Å². The number of Topliss-reactive ketones (excluding diaryl/α,β-unsaturated/α-hetero) is 2. The Morgan fingerprint density at radius 3 is 1.38 bits per heavy atom. The van der Waals surface area contributed by atoms with E-state index >= 15 is 0 Å². The summed E-state index contributed by atoms with van der Waals surface area (Å²) in [5, 5.41) is 21.8. The molecule has 2 atom stereocenters. The van der Waals surface area contributed by atoms with Crippen LogP contribution in [0.2, 0.25) is 0 Å². The van der Waals surface area contributed by atoms with Gasteiger partial charge in [0.25, 0.3) is 0 Å². The van der Waals surface area contributed by atoms with Crippen LogP contribution in [0.1, 0.15) is 25.7 Å². The van der Waals surface area contributed by atoms with Gasteiger partial charge in [0.1, 0.15) is 11.6 Å². The second-order valence-corrected chi connectivity index (χ2v) is 4.44. The topological polar surface area (TPSA) is 114 Å². The van der Waals surface area contributed by atoms with Crippen molar-refractivity contribution in [2.75, 3.05) is 0 Å². The van der Waals surface area contributed by atoms with Crippen molar-refractivity contribution in [3.8, 4) is 0 Å². The lowest BCUT2D eigenvalue weighted by Gasteiger charge is -2.51. The first kappa shape index (κ1) is 10.8. The van der Waals surface area contributed by atoms with Crippen LogP contribution in [0.25, 0.3) is 0 Å². The molecule has 0 aromatic rings. The molecule has 0 radical (unpaired) electrons. The van der Waals surface area contributed by atoms with Crippen LogP contribution >= 0.6 is 0 Å². The third kappa shape index (κ3) is 1.01. The van der Waals surface area contributed by atoms with Crippen LogP contribution in [0.3, 0.4) is 0 Å². The first-order chi connectivity index (χ1) is 7.35. The Hall–Kier alpha value is -1.72. The van der Waals surface area contributed by atoms with E-state index in [4.69, 9.17) is 0 Å². The molecule has 16 heavy (non-hydrogen) atoms. The molecule has 0 saturated heterocycles. The Bertz CT molecular complexity index is 385. The van der Waals surface area contributed by atoms with Crippen molar-refractivity contribution in [3.63, 3.8) is 0 Å². The Kier molecular flexibility index (Phi) is 1.95. The summed E-state index contributed by atoms with van der Waals surface area (Å²) >= 11 is 0. The van der Waals surface area contributed by atoms with Crippen molar-refractivity contribution in [1.29, 1.82) is 0 Å². The molecule has 3 aliphatic rings. The third-order valence-electron chi connectivity index (χ3n) is 3.75. The smallest absolute Gasteiger partial charge is 0.146 e. The number of hydrogen-bond acceptors (Lipinski definition) is 6. The minimum Gasteiger partial charge on any atom is -0.549 e. The van der Waals surface area contributed by atoms with Gasteiger partial charge in [-0.3, -0.25) is 9.59 Å². The number of aliphatic carboxylic acids is 2. The van der Waals surface area contributed by atoms with Crippen LogP contribution in [0.4, 0.5) is 0 Å². The Balaban J connectivity index is 2.47. The van der Waals surface area contributed by atoms with Gasteiger partial charge in [-0.25, -0.2) is 0 Å². The second kappa shape index (κ2) is 2.90. The molecule has 0 amide bonds. The van der Waals surface area contributed by atoms with Crippen molar-refractivity contribution in [2.45, 2.75) is 25.7 Å². The molecule has 6 heteroatoms. The van der Waals surface area contributed by atoms with Gasteiger partial charge in [-0.2, -0.15) is 0 Å². The molecule has 3 aliphatic carbocycles. The zero-order chi connectivity index (χ0) is 12.1. The van der Waals surface area contributed by atoms with Gasteiger partial charge >= 0.3 is 0 Å². The monoisotopic (exact) mass is 224 g/mol. The second-order valence-electron chi connectivity index (χ2n) is 4.44. The Labute approximate surface area is 90.2 Å². The number of hydrogen-bond donors (Lipinski definition) is 0. The molecule has 0 heterocycles. The van der Waals surface area contributed by atoms with Crippen LogP contribution in [0.5, 0.6) is 0 Å². The molecule has 86 valence electrons. The minimum atomic E-state index is -1.80. The Morgan fingerprint density at radius 1 is 0.875 bits per heavy atom. The normalized spacial score (nSPS) is 37.5. The van der Waals surface area contributed by atoms with Crippen LogP contribution < -0.4 is 10.2 Å². The lowest BCUT2D eigenvalue weighted by Crippen LogP contribution is -2.64. The first-order valence-electron chi connectivity index (χ1n) is 4.85. The average molecular weight is 224 g/mol. The van der Waals surface area contributed by atoms with Crippen molar-refractivity contribution >= 4 is 23.5 Å². The number of carbonyl (C=O) groups is 4. The van der Waals surface area contributed by atoms with Crippen LogP contribution in [0, 0.1) is 10.8 Å². The number of carbonyl (C=O) groups excluding carboxylic acids is 4. The zero-order valence-corrected chi connectivity index (χ0v) is 8.28. The van der Waals surface area contributed by atoms with Crippen LogP contribution in [-0.2, 0) is 19.2 Å². The van der Waals surface area contributed by atoms with E-state index in [2.05, 4.69) is 0 Å². The van der Waals surface area contributed by atoms with Crippen molar-refractivity contribution in [3.05, 3.63) is 0 Å². The summed E-state index contributed by atoms with van der Waals surface area (Å²) in [6.07, 6.45) is -1.48. The van der Waals surface area contributed by atoms with E-state index in [1.165, 1.54) is 0 Å². The van der Waals surface area contributed by atoms with E-state index in [0.717, 1.165) is 0 Å². The van der Waals surface area contributed by atoms with Gasteiger partial charge in [-0.15, -0.1) is 0 Å². The van der Waals surface area contributed by atoms with Gasteiger partial charge in [0.15, 0.2) is 0 Å². The summed E-state index contributed by atoms with van der Waals surface area (Å²) < 4.78 is 0. The number of fused-ring (bicyclic) bond motifs is 3. The standard InChI is InChI=1S/C10H10O6/c11-5-4-10(8(15)16)2-1-9(5,7(13)14)3-6(10)12/h1-4H2,(H,13,14)(H,15,16)/p-2/t9-,10-/m1/s1. The van der Waals surface area contributed by atoms with E-state index < -0.39 is 47.2 Å². The van der Waals surface area contributed by atoms with E-state index in [-0.39, 0.29) is 12.8 Å². The molecule has 0 N–H and O–H groups in total. The maximum atomic E-state index is 11.6. The highest BCUT2D eigenvalue weighted by atomic mass is 16.4. The fraction of sp³-hybridized carbons (Fsp3) is 0.600. The van der Waals surface area contributed by atoms with Gasteiger partial charge < -0.3 is 19.8 Å². The zero-order valence-electron chi connectivity index (χ0n) is 8.28. The molecule has 3 rings (SSSR count). The molecule has 2 bridgehead atoms. The fourth-order valence-corrected chi connectivity index (χ4v) is 2.54. The van der Waals surface area contributed by atoms with Crippen molar-refractivity contribution in [1.82, 2.24) is 0 Å². The molecule has 0 spiro atoms. The number of ketones is 2. The highest BCUT2D eigenvalue weighted by Crippen LogP contribution is 2.52. The molecule has 0 aromatic carbocycles. The van der Waals surface area contributed by atoms with Crippen molar-refractivity contribution < 1.29 is 29.4 Å². The number of rotatable bonds is 2. The third-order valence-corrected chi connectivity index (χ3v) is 3.75. The summed E-state index contributed by atoms with van der Waals surface area (Å²) in [7, 11) is 0. The van der Waals surface area contributed by atoms with E-state index in [1.807, 2.05) is 0 Å². The molecule has 3 saturated carbocycles. The van der Waals surface area contributed by atoms with Gasteiger partial charge in [0.2, 0.25) is 0 Å². The maximum Gasteiger partial charge on any atom is 0.146 e. The molecular weight excluding hydrogens is 216 g/mol. The molecule has 0 aliphatic heterocycles. The Morgan fingerprint density at radius 2 is 1.19 bits per heavy atom. The lowest BCUT2D eigenvalue weighted by atomic mass is 9.52. The number of carboxylic acid groups (broad SMARTS) is 2. The van der Waals surface area contributed by atoms with E-state index in [1.54, 1.807) is 0 Å².